The summed E-state index contributed by atoms with van der Waals surface area (Å²) in [4.78, 5) is 0. The predicted molar refractivity (Wildman–Crippen MR) is 48.0 cm³/mol. The lowest BCUT2D eigenvalue weighted by Crippen LogP contribution is -2.16. The number of halogens is 1. The van der Waals surface area contributed by atoms with Gasteiger partial charge in [0.2, 0.25) is 0 Å². The zero-order valence-corrected chi connectivity index (χ0v) is 7.19. The van der Waals surface area contributed by atoms with Gasteiger partial charge in [-0.3, -0.25) is 0 Å². The molecule has 0 amide bonds. The molecular weight excluding hydrogens is 138 g/mol. The smallest absolute Gasteiger partial charge is 0.123 e. The zero-order valence-electron chi connectivity index (χ0n) is 7.19. The second-order valence-corrected chi connectivity index (χ2v) is 3.76. The summed E-state index contributed by atoms with van der Waals surface area (Å²) in [5.74, 6) is -0.155. The largest absolute Gasteiger partial charge is 0.207 e. The molecule has 0 N–H and O–H groups in total. The van der Waals surface area contributed by atoms with Crippen molar-refractivity contribution in [2.75, 3.05) is 0 Å². The van der Waals surface area contributed by atoms with Crippen LogP contribution < -0.4 is 0 Å². The van der Waals surface area contributed by atoms with Crippen LogP contribution in [0, 0.1) is 5.82 Å². The summed E-state index contributed by atoms with van der Waals surface area (Å²) in [6.07, 6.45) is 0. The molecule has 0 bridgehead atoms. The Balaban J connectivity index is 3.06. The molecule has 0 saturated heterocycles. The van der Waals surface area contributed by atoms with Crippen LogP contribution in [0.3, 0.4) is 0 Å². The summed E-state index contributed by atoms with van der Waals surface area (Å²) >= 11 is 0. The Morgan fingerprint density at radius 1 is 1.36 bits per heavy atom. The molecule has 0 spiro atoms. The topological polar surface area (TPSA) is 0 Å². The van der Waals surface area contributed by atoms with Crippen molar-refractivity contribution in [3.05, 3.63) is 35.6 Å². The van der Waals surface area contributed by atoms with Gasteiger partial charge in [0, 0.05) is 0 Å². The maximum atomic E-state index is 12.7. The van der Waals surface area contributed by atoms with Crippen LogP contribution in [0.5, 0.6) is 0 Å². The standard InChI is InChI=1S/C9H12BF/c1-9(2,10)7-4-3-5-8(11)6-7/h3-6H,10H2,1-2H3. The predicted octanol–water partition coefficient (Wildman–Crippen LogP) is 1.69. The van der Waals surface area contributed by atoms with Gasteiger partial charge in [-0.05, 0) is 23.0 Å². The van der Waals surface area contributed by atoms with Gasteiger partial charge < -0.3 is 0 Å². The number of benzene rings is 1. The van der Waals surface area contributed by atoms with Crippen molar-refractivity contribution in [3.8, 4) is 0 Å². The van der Waals surface area contributed by atoms with E-state index in [0.717, 1.165) is 5.56 Å². The Kier molecular flexibility index (Phi) is 2.03. The molecule has 0 atom stereocenters. The fourth-order valence-corrected chi connectivity index (χ4v) is 0.955. The molecule has 0 saturated carbocycles. The third kappa shape index (κ3) is 2.07. The Hall–Kier alpha value is -0.785. The molecule has 1 aromatic rings. The summed E-state index contributed by atoms with van der Waals surface area (Å²) in [5.41, 5.74) is 1.04. The Labute approximate surface area is 67.8 Å². The SMILES string of the molecule is BC(C)(C)c1cccc(F)c1. The van der Waals surface area contributed by atoms with Crippen molar-refractivity contribution >= 4 is 7.85 Å². The lowest BCUT2D eigenvalue weighted by atomic mass is 9.67. The van der Waals surface area contributed by atoms with Crippen LogP contribution in [0.2, 0.25) is 0 Å². The molecule has 11 heavy (non-hydrogen) atoms. The minimum absolute atomic E-state index is 0.0437. The second-order valence-electron chi connectivity index (χ2n) is 3.76. The van der Waals surface area contributed by atoms with Crippen LogP contribution in [0.15, 0.2) is 24.3 Å². The molecular formula is C9H12BF. The molecule has 0 nitrogen and oxygen atoms in total. The first-order valence-electron chi connectivity index (χ1n) is 3.76. The van der Waals surface area contributed by atoms with Crippen molar-refractivity contribution in [1.29, 1.82) is 0 Å². The van der Waals surface area contributed by atoms with Crippen LogP contribution in [-0.2, 0) is 5.31 Å². The third-order valence-electron chi connectivity index (χ3n) is 1.69. The van der Waals surface area contributed by atoms with Gasteiger partial charge in [-0.1, -0.05) is 26.0 Å². The maximum Gasteiger partial charge on any atom is 0.123 e. The summed E-state index contributed by atoms with van der Waals surface area (Å²) in [5, 5.41) is 0.0437. The van der Waals surface area contributed by atoms with Gasteiger partial charge in [-0.15, -0.1) is 0 Å². The quantitative estimate of drug-likeness (QED) is 0.534. The average Bonchev–Trinajstić information content (AvgIpc) is 1.86. The minimum Gasteiger partial charge on any atom is -0.207 e. The van der Waals surface area contributed by atoms with E-state index >= 15 is 0 Å². The van der Waals surface area contributed by atoms with E-state index < -0.39 is 0 Å². The summed E-state index contributed by atoms with van der Waals surface area (Å²) in [6, 6.07) is 6.74. The minimum atomic E-state index is -0.155. The number of hydrogen-bond donors (Lipinski definition) is 0. The van der Waals surface area contributed by atoms with Gasteiger partial charge in [0.1, 0.15) is 13.7 Å². The molecule has 0 fully saturated rings. The Morgan fingerprint density at radius 3 is 2.36 bits per heavy atom. The van der Waals surface area contributed by atoms with Crippen molar-refractivity contribution in [2.45, 2.75) is 19.2 Å². The van der Waals surface area contributed by atoms with E-state index in [4.69, 9.17) is 0 Å². The maximum absolute atomic E-state index is 12.7. The highest BCUT2D eigenvalue weighted by Gasteiger charge is 2.13. The van der Waals surface area contributed by atoms with Crippen LogP contribution in [-0.4, -0.2) is 7.85 Å². The zero-order chi connectivity index (χ0) is 8.48. The molecule has 0 aliphatic rings. The Bertz CT molecular complexity index is 250. The lowest BCUT2D eigenvalue weighted by molar-refractivity contribution is 0.620. The molecule has 2 heteroatoms. The first kappa shape index (κ1) is 8.31. The van der Waals surface area contributed by atoms with Crippen LogP contribution in [0.4, 0.5) is 4.39 Å². The van der Waals surface area contributed by atoms with Gasteiger partial charge in [0.15, 0.2) is 0 Å². The van der Waals surface area contributed by atoms with Crippen molar-refractivity contribution in [2.24, 2.45) is 0 Å². The first-order chi connectivity index (χ1) is 5.00. The van der Waals surface area contributed by atoms with Gasteiger partial charge in [-0.25, -0.2) is 4.39 Å². The highest BCUT2D eigenvalue weighted by atomic mass is 19.1. The van der Waals surface area contributed by atoms with E-state index in [-0.39, 0.29) is 11.1 Å². The van der Waals surface area contributed by atoms with E-state index in [9.17, 15) is 4.39 Å². The summed E-state index contributed by atoms with van der Waals surface area (Å²) in [6.45, 7) is 4.14. The normalized spacial score (nSPS) is 11.5. The van der Waals surface area contributed by atoms with Crippen molar-refractivity contribution < 1.29 is 4.39 Å². The number of rotatable bonds is 1. The molecule has 1 rings (SSSR count). The molecule has 0 heterocycles. The highest BCUT2D eigenvalue weighted by molar-refractivity contribution is 6.15. The fraction of sp³-hybridized carbons (Fsp3) is 0.333. The van der Waals surface area contributed by atoms with E-state index in [1.807, 2.05) is 6.07 Å². The monoisotopic (exact) mass is 150 g/mol. The van der Waals surface area contributed by atoms with Crippen molar-refractivity contribution in [3.63, 3.8) is 0 Å². The first-order valence-corrected chi connectivity index (χ1v) is 3.76. The fourth-order valence-electron chi connectivity index (χ4n) is 0.955. The van der Waals surface area contributed by atoms with E-state index in [2.05, 4.69) is 21.7 Å². The molecule has 0 unspecified atom stereocenters. The van der Waals surface area contributed by atoms with Crippen LogP contribution in [0.1, 0.15) is 19.4 Å². The van der Waals surface area contributed by atoms with E-state index in [1.54, 1.807) is 12.1 Å². The van der Waals surface area contributed by atoms with Crippen LogP contribution in [0.25, 0.3) is 0 Å². The van der Waals surface area contributed by atoms with Gasteiger partial charge in [0.05, 0.1) is 0 Å². The Morgan fingerprint density at radius 2 is 2.00 bits per heavy atom. The molecule has 1 aromatic carbocycles. The average molecular weight is 150 g/mol. The molecule has 0 aliphatic heterocycles. The van der Waals surface area contributed by atoms with Crippen molar-refractivity contribution in [1.82, 2.24) is 0 Å². The van der Waals surface area contributed by atoms with E-state index in [0.29, 0.717) is 0 Å². The van der Waals surface area contributed by atoms with Gasteiger partial charge in [0.25, 0.3) is 0 Å². The third-order valence-corrected chi connectivity index (χ3v) is 1.69. The molecule has 58 valence electrons. The second kappa shape index (κ2) is 2.69. The molecule has 0 radical (unpaired) electrons. The summed E-state index contributed by atoms with van der Waals surface area (Å²) in [7, 11) is 2.07. The molecule has 0 aliphatic carbocycles. The van der Waals surface area contributed by atoms with Gasteiger partial charge in [-0.2, -0.15) is 0 Å². The highest BCUT2D eigenvalue weighted by Crippen LogP contribution is 2.18. The molecule has 0 aromatic heterocycles. The summed E-state index contributed by atoms with van der Waals surface area (Å²) < 4.78 is 12.7. The lowest BCUT2D eigenvalue weighted by Gasteiger charge is -2.18. The number of hydrogen-bond acceptors (Lipinski definition) is 0. The van der Waals surface area contributed by atoms with E-state index in [1.165, 1.54) is 6.07 Å². The van der Waals surface area contributed by atoms with Gasteiger partial charge >= 0.3 is 0 Å². The van der Waals surface area contributed by atoms with Crippen LogP contribution >= 0.6 is 0 Å².